The van der Waals surface area contributed by atoms with E-state index >= 15 is 0 Å². The van der Waals surface area contributed by atoms with Crippen molar-refractivity contribution in [1.29, 1.82) is 0 Å². The summed E-state index contributed by atoms with van der Waals surface area (Å²) in [4.78, 5) is 12.8. The van der Waals surface area contributed by atoms with Gasteiger partial charge in [-0.25, -0.2) is 4.39 Å². The molecular formula is C21H16BrFNO2. The van der Waals surface area contributed by atoms with E-state index in [1.165, 1.54) is 24.3 Å². The van der Waals surface area contributed by atoms with Gasteiger partial charge in [-0.2, -0.15) is 0 Å². The average Bonchev–Trinajstić information content (AvgIpc) is 2.67. The van der Waals surface area contributed by atoms with Gasteiger partial charge in [-0.05, 0) is 48.5 Å². The molecule has 0 spiro atoms. The third kappa shape index (κ3) is 4.49. The second-order valence-corrected chi connectivity index (χ2v) is 6.27. The monoisotopic (exact) mass is 412 g/mol. The Morgan fingerprint density at radius 2 is 1.81 bits per heavy atom. The van der Waals surface area contributed by atoms with E-state index < -0.39 is 0 Å². The number of carbonyl (C=O) groups is 1. The van der Waals surface area contributed by atoms with Crippen molar-refractivity contribution < 1.29 is 13.9 Å². The fraction of sp³-hybridized carbons (Fsp3) is 0.0952. The Kier molecular flexibility index (Phi) is 6.02. The van der Waals surface area contributed by atoms with Gasteiger partial charge >= 0.3 is 0 Å². The predicted molar refractivity (Wildman–Crippen MR) is 104 cm³/mol. The number of benzene rings is 3. The molecule has 3 aromatic rings. The van der Waals surface area contributed by atoms with Crippen molar-refractivity contribution >= 4 is 33.1 Å². The number of hydrogen-bond donors (Lipinski definition) is 1. The van der Waals surface area contributed by atoms with Crippen LogP contribution in [0.1, 0.15) is 15.9 Å². The molecule has 131 valence electrons. The molecule has 0 fully saturated rings. The number of ketones is 1. The Balaban J connectivity index is 1.85. The minimum Gasteiger partial charge on any atom is -0.492 e. The molecule has 0 aromatic heterocycles. The van der Waals surface area contributed by atoms with Crippen LogP contribution in [0.25, 0.3) is 0 Å². The lowest BCUT2D eigenvalue weighted by Crippen LogP contribution is -2.06. The number of halogens is 2. The van der Waals surface area contributed by atoms with E-state index in [-0.39, 0.29) is 11.6 Å². The molecule has 0 aliphatic rings. The number of anilines is 2. The first-order chi connectivity index (χ1) is 12.7. The van der Waals surface area contributed by atoms with E-state index in [0.29, 0.717) is 34.9 Å². The predicted octanol–water partition coefficient (Wildman–Crippen LogP) is 5.37. The van der Waals surface area contributed by atoms with E-state index in [1.54, 1.807) is 12.1 Å². The van der Waals surface area contributed by atoms with Crippen LogP contribution >= 0.6 is 15.9 Å². The van der Waals surface area contributed by atoms with Gasteiger partial charge in [0, 0.05) is 22.1 Å². The zero-order chi connectivity index (χ0) is 18.4. The van der Waals surface area contributed by atoms with Crippen LogP contribution in [0, 0.1) is 11.9 Å². The molecule has 3 nitrogen and oxygen atoms in total. The molecule has 0 aliphatic carbocycles. The fourth-order valence-corrected chi connectivity index (χ4v) is 2.61. The van der Waals surface area contributed by atoms with E-state index in [0.717, 1.165) is 5.33 Å². The first-order valence-electron chi connectivity index (χ1n) is 8.05. The van der Waals surface area contributed by atoms with Gasteiger partial charge in [-0.1, -0.05) is 34.1 Å². The van der Waals surface area contributed by atoms with Crippen LogP contribution in [0.5, 0.6) is 5.75 Å². The van der Waals surface area contributed by atoms with Gasteiger partial charge in [0.2, 0.25) is 0 Å². The van der Waals surface area contributed by atoms with E-state index in [1.807, 2.05) is 30.3 Å². The maximum atomic E-state index is 13.1. The molecule has 1 radical (unpaired) electrons. The molecular weight excluding hydrogens is 397 g/mol. The lowest BCUT2D eigenvalue weighted by Gasteiger charge is -2.12. The molecule has 5 heteroatoms. The number of para-hydroxylation sites is 1. The molecule has 26 heavy (non-hydrogen) atoms. The highest BCUT2D eigenvalue weighted by Gasteiger charge is 2.14. The summed E-state index contributed by atoms with van der Waals surface area (Å²) in [6.45, 7) is 0.541. The zero-order valence-corrected chi connectivity index (χ0v) is 15.4. The molecule has 1 N–H and O–H groups in total. The van der Waals surface area contributed by atoms with Crippen molar-refractivity contribution in [2.45, 2.75) is 0 Å². The second-order valence-electron chi connectivity index (χ2n) is 5.47. The first-order valence-corrected chi connectivity index (χ1v) is 9.17. The zero-order valence-electron chi connectivity index (χ0n) is 13.8. The molecule has 0 unspecified atom stereocenters. The van der Waals surface area contributed by atoms with Gasteiger partial charge < -0.3 is 10.1 Å². The van der Waals surface area contributed by atoms with Gasteiger partial charge in [0.05, 0.1) is 18.4 Å². The molecule has 0 saturated carbocycles. The van der Waals surface area contributed by atoms with Crippen molar-refractivity contribution in [1.82, 2.24) is 0 Å². The van der Waals surface area contributed by atoms with Crippen molar-refractivity contribution in [3.05, 3.63) is 89.7 Å². The number of rotatable bonds is 7. The Hall–Kier alpha value is -2.66. The number of nitrogens with one attached hydrogen (secondary N) is 1. The molecule has 0 bridgehead atoms. The SMILES string of the molecule is O=C(c1ccc(F)cc1)c1ccccc1Nc1[c]c(OCCBr)ccc1. The third-order valence-corrected chi connectivity index (χ3v) is 3.97. The van der Waals surface area contributed by atoms with Crippen LogP contribution in [0.4, 0.5) is 15.8 Å². The summed E-state index contributed by atoms with van der Waals surface area (Å²) in [6, 6.07) is 21.4. The lowest BCUT2D eigenvalue weighted by molar-refractivity contribution is 0.103. The third-order valence-electron chi connectivity index (χ3n) is 3.65. The Labute approximate surface area is 159 Å². The standard InChI is InChI=1S/C21H16BrFNO2/c22-12-13-26-18-5-3-4-17(14-18)24-20-7-2-1-6-19(20)21(25)15-8-10-16(23)11-9-15/h1-11,24H,12-13H2. The van der Waals surface area contributed by atoms with Crippen molar-refractivity contribution in [3.63, 3.8) is 0 Å². The van der Waals surface area contributed by atoms with E-state index in [2.05, 4.69) is 27.3 Å². The highest BCUT2D eigenvalue weighted by atomic mass is 79.9. The summed E-state index contributed by atoms with van der Waals surface area (Å²) in [5.41, 5.74) is 2.27. The first kappa shape index (κ1) is 18.1. The van der Waals surface area contributed by atoms with Crippen LogP contribution in [0.3, 0.4) is 0 Å². The second kappa shape index (κ2) is 8.63. The quantitative estimate of drug-likeness (QED) is 0.418. The molecule has 0 heterocycles. The summed E-state index contributed by atoms with van der Waals surface area (Å²) < 4.78 is 18.6. The summed E-state index contributed by atoms with van der Waals surface area (Å²) in [5, 5.41) is 3.94. The number of carbonyl (C=O) groups excluding carboxylic acids is 1. The number of ether oxygens (including phenoxy) is 1. The Bertz CT molecular complexity index is 897. The minimum atomic E-state index is -0.372. The van der Waals surface area contributed by atoms with Gasteiger partial charge in [-0.3, -0.25) is 4.79 Å². The van der Waals surface area contributed by atoms with E-state index in [9.17, 15) is 9.18 Å². The largest absolute Gasteiger partial charge is 0.492 e. The molecule has 0 saturated heterocycles. The Morgan fingerprint density at radius 1 is 1.04 bits per heavy atom. The molecule has 0 aliphatic heterocycles. The van der Waals surface area contributed by atoms with Crippen LogP contribution in [0.2, 0.25) is 0 Å². The number of alkyl halides is 1. The average molecular weight is 413 g/mol. The summed E-state index contributed by atoms with van der Waals surface area (Å²) in [7, 11) is 0. The molecule has 0 atom stereocenters. The van der Waals surface area contributed by atoms with Gasteiger partial charge in [0.25, 0.3) is 0 Å². The van der Waals surface area contributed by atoms with Crippen LogP contribution in [0.15, 0.2) is 66.7 Å². The summed E-state index contributed by atoms with van der Waals surface area (Å²) >= 11 is 3.32. The maximum Gasteiger partial charge on any atom is 0.195 e. The Morgan fingerprint density at radius 3 is 2.58 bits per heavy atom. The van der Waals surface area contributed by atoms with Crippen LogP contribution in [-0.2, 0) is 0 Å². The molecule has 3 rings (SSSR count). The highest BCUT2D eigenvalue weighted by molar-refractivity contribution is 9.09. The summed E-state index contributed by atoms with van der Waals surface area (Å²) in [6.07, 6.45) is 0. The molecule has 3 aromatic carbocycles. The lowest BCUT2D eigenvalue weighted by atomic mass is 10.0. The topological polar surface area (TPSA) is 38.3 Å². The fourth-order valence-electron chi connectivity index (χ4n) is 2.45. The van der Waals surface area contributed by atoms with Crippen molar-refractivity contribution in [3.8, 4) is 5.75 Å². The van der Waals surface area contributed by atoms with Crippen molar-refractivity contribution in [2.24, 2.45) is 0 Å². The van der Waals surface area contributed by atoms with Crippen LogP contribution < -0.4 is 10.1 Å². The minimum absolute atomic E-state index is 0.181. The van der Waals surface area contributed by atoms with Gasteiger partial charge in [0.1, 0.15) is 11.6 Å². The molecule has 0 amide bonds. The summed E-state index contributed by atoms with van der Waals surface area (Å²) in [5.74, 6) is 0.0689. The number of hydrogen-bond acceptors (Lipinski definition) is 3. The van der Waals surface area contributed by atoms with Crippen LogP contribution in [-0.4, -0.2) is 17.7 Å². The van der Waals surface area contributed by atoms with Gasteiger partial charge in [-0.15, -0.1) is 0 Å². The normalized spacial score (nSPS) is 10.4. The highest BCUT2D eigenvalue weighted by Crippen LogP contribution is 2.25. The maximum absolute atomic E-state index is 13.1. The van der Waals surface area contributed by atoms with Gasteiger partial charge in [0.15, 0.2) is 5.78 Å². The smallest absolute Gasteiger partial charge is 0.195 e. The van der Waals surface area contributed by atoms with Crippen molar-refractivity contribution in [2.75, 3.05) is 17.3 Å². The van der Waals surface area contributed by atoms with E-state index in [4.69, 9.17) is 4.74 Å².